The highest BCUT2D eigenvalue weighted by molar-refractivity contribution is 6.31. The predicted octanol–water partition coefficient (Wildman–Crippen LogP) is 2.17. The van der Waals surface area contributed by atoms with Gasteiger partial charge in [-0.25, -0.2) is 0 Å². The molecule has 2 aromatic carbocycles. The Labute approximate surface area is 199 Å². The Morgan fingerprint density at radius 3 is 2.27 bits per heavy atom. The smallest absolute Gasteiger partial charge is 0.113 e. The van der Waals surface area contributed by atoms with Crippen LogP contribution >= 0.6 is 11.6 Å². The number of methoxy groups -OCH3 is 1. The highest BCUT2D eigenvalue weighted by Crippen LogP contribution is 2.37. The van der Waals surface area contributed by atoms with Gasteiger partial charge in [-0.15, -0.1) is 0 Å². The normalized spacial score (nSPS) is 25.4. The number of hydrogen-bond donors (Lipinski definition) is 4. The number of ether oxygens (including phenoxy) is 3. The largest absolute Gasteiger partial charge is 0.394 e. The minimum atomic E-state index is -1.47. The van der Waals surface area contributed by atoms with Gasteiger partial charge in [-0.3, -0.25) is 0 Å². The van der Waals surface area contributed by atoms with Gasteiger partial charge in [0.05, 0.1) is 26.4 Å². The van der Waals surface area contributed by atoms with Crippen molar-refractivity contribution in [1.29, 1.82) is 0 Å². The van der Waals surface area contributed by atoms with E-state index >= 15 is 0 Å². The van der Waals surface area contributed by atoms with E-state index in [-0.39, 0.29) is 6.61 Å². The zero-order valence-electron chi connectivity index (χ0n) is 19.0. The number of aliphatic hydroxyl groups excluding tert-OH is 4. The Hall–Kier alpha value is -1.55. The van der Waals surface area contributed by atoms with Crippen molar-refractivity contribution in [3.8, 4) is 0 Å². The summed E-state index contributed by atoms with van der Waals surface area (Å²) in [7, 11) is 1.58. The first kappa shape index (κ1) is 26.1. The molecule has 182 valence electrons. The van der Waals surface area contributed by atoms with Crippen molar-refractivity contribution in [1.82, 2.24) is 0 Å². The van der Waals surface area contributed by atoms with E-state index in [1.807, 2.05) is 6.07 Å². The van der Waals surface area contributed by atoms with Crippen molar-refractivity contribution in [2.45, 2.75) is 56.9 Å². The third kappa shape index (κ3) is 6.32. The summed E-state index contributed by atoms with van der Waals surface area (Å²) in [5.41, 5.74) is 4.43. The second-order valence-electron chi connectivity index (χ2n) is 8.28. The molecule has 0 unspecified atom stereocenters. The van der Waals surface area contributed by atoms with Gasteiger partial charge in [-0.1, -0.05) is 48.9 Å². The Morgan fingerprint density at radius 2 is 1.64 bits per heavy atom. The van der Waals surface area contributed by atoms with Crippen LogP contribution in [0, 0.1) is 0 Å². The molecule has 1 heterocycles. The maximum atomic E-state index is 10.7. The van der Waals surface area contributed by atoms with E-state index in [1.165, 1.54) is 5.56 Å². The summed E-state index contributed by atoms with van der Waals surface area (Å²) in [5.74, 6) is 0. The number of aryl methyl sites for hydroxylation is 1. The average Bonchev–Trinajstić information content (AvgIpc) is 2.83. The summed E-state index contributed by atoms with van der Waals surface area (Å²) in [6.07, 6.45) is -4.73. The van der Waals surface area contributed by atoms with Crippen LogP contribution in [-0.2, 0) is 33.7 Å². The Balaban J connectivity index is 1.95. The van der Waals surface area contributed by atoms with Gasteiger partial charge < -0.3 is 34.6 Å². The van der Waals surface area contributed by atoms with Crippen LogP contribution in [0.3, 0.4) is 0 Å². The first-order chi connectivity index (χ1) is 15.9. The van der Waals surface area contributed by atoms with E-state index in [0.717, 1.165) is 17.5 Å². The Bertz CT molecular complexity index is 887. The molecule has 2 aromatic rings. The summed E-state index contributed by atoms with van der Waals surface area (Å²) < 4.78 is 16.5. The number of rotatable bonds is 10. The summed E-state index contributed by atoms with van der Waals surface area (Å²) >= 11 is 6.62. The van der Waals surface area contributed by atoms with Gasteiger partial charge in [0.2, 0.25) is 0 Å². The van der Waals surface area contributed by atoms with Gasteiger partial charge in [0.15, 0.2) is 0 Å². The van der Waals surface area contributed by atoms with Crippen LogP contribution in [-0.4, -0.2) is 71.8 Å². The fraction of sp³-hybridized carbons (Fsp3) is 0.520. The molecular weight excluding hydrogens is 448 g/mol. The Kier molecular flexibility index (Phi) is 9.67. The highest BCUT2D eigenvalue weighted by atomic mass is 35.5. The van der Waals surface area contributed by atoms with Crippen molar-refractivity contribution in [2.75, 3.05) is 26.9 Å². The third-order valence-corrected chi connectivity index (χ3v) is 6.37. The van der Waals surface area contributed by atoms with Crippen LogP contribution in [0.25, 0.3) is 0 Å². The number of benzene rings is 2. The van der Waals surface area contributed by atoms with Crippen LogP contribution in [0.4, 0.5) is 0 Å². The molecule has 1 aliphatic rings. The minimum absolute atomic E-state index is 0.193. The molecule has 33 heavy (non-hydrogen) atoms. The molecule has 3 rings (SSSR count). The lowest BCUT2D eigenvalue weighted by Crippen LogP contribution is -2.55. The summed E-state index contributed by atoms with van der Waals surface area (Å²) in [6, 6.07) is 11.9. The third-order valence-electron chi connectivity index (χ3n) is 6.02. The van der Waals surface area contributed by atoms with Gasteiger partial charge in [0, 0.05) is 12.1 Å². The van der Waals surface area contributed by atoms with Gasteiger partial charge in [0.25, 0.3) is 0 Å². The number of aliphatic hydroxyl groups is 4. The van der Waals surface area contributed by atoms with Crippen LogP contribution in [0.5, 0.6) is 0 Å². The molecule has 1 fully saturated rings. The molecule has 4 N–H and O–H groups in total. The zero-order chi connectivity index (χ0) is 24.0. The second-order valence-corrected chi connectivity index (χ2v) is 8.69. The Morgan fingerprint density at radius 1 is 0.939 bits per heavy atom. The van der Waals surface area contributed by atoms with Crippen LogP contribution < -0.4 is 0 Å². The molecule has 0 radical (unpaired) electrons. The molecule has 0 saturated carbocycles. The topological polar surface area (TPSA) is 109 Å². The first-order valence-electron chi connectivity index (χ1n) is 11.2. The fourth-order valence-electron chi connectivity index (χ4n) is 4.00. The number of halogens is 1. The SMILES string of the molecule is CCc1ccc(Cc2cc([C@@H]3O[C@H](CO)[C@@H](O)[C@H](O)[C@H]3O)c(COCCOC)cc2Cl)cc1. The van der Waals surface area contributed by atoms with E-state index < -0.39 is 37.1 Å². The van der Waals surface area contributed by atoms with Crippen molar-refractivity contribution in [3.05, 3.63) is 69.2 Å². The lowest BCUT2D eigenvalue weighted by molar-refractivity contribution is -0.232. The van der Waals surface area contributed by atoms with Crippen molar-refractivity contribution >= 4 is 11.6 Å². The number of hydrogen-bond acceptors (Lipinski definition) is 7. The quantitative estimate of drug-likeness (QED) is 0.386. The first-order valence-corrected chi connectivity index (χ1v) is 11.5. The van der Waals surface area contributed by atoms with Crippen LogP contribution in [0.15, 0.2) is 36.4 Å². The van der Waals surface area contributed by atoms with Crippen molar-refractivity contribution in [3.63, 3.8) is 0 Å². The zero-order valence-corrected chi connectivity index (χ0v) is 19.7. The molecule has 8 heteroatoms. The van der Waals surface area contributed by atoms with E-state index in [2.05, 4.69) is 31.2 Å². The molecule has 0 aliphatic carbocycles. The molecule has 1 saturated heterocycles. The van der Waals surface area contributed by atoms with Crippen molar-refractivity contribution in [2.24, 2.45) is 0 Å². The lowest BCUT2D eigenvalue weighted by atomic mass is 9.87. The molecule has 1 aliphatic heterocycles. The molecule has 7 nitrogen and oxygen atoms in total. The minimum Gasteiger partial charge on any atom is -0.394 e. The monoisotopic (exact) mass is 480 g/mol. The second kappa shape index (κ2) is 12.2. The van der Waals surface area contributed by atoms with Crippen LogP contribution in [0.1, 0.15) is 40.8 Å². The molecular formula is C25H33ClO7. The van der Waals surface area contributed by atoms with Gasteiger partial charge in [-0.05, 0) is 46.7 Å². The summed E-state index contributed by atoms with van der Waals surface area (Å²) in [6.45, 7) is 2.60. The molecule has 0 spiro atoms. The molecule has 5 atom stereocenters. The van der Waals surface area contributed by atoms with Gasteiger partial charge in [-0.2, -0.15) is 0 Å². The van der Waals surface area contributed by atoms with E-state index in [1.54, 1.807) is 13.2 Å². The maximum Gasteiger partial charge on any atom is 0.113 e. The van der Waals surface area contributed by atoms with E-state index in [4.69, 9.17) is 25.8 Å². The standard InChI is InChI=1S/C25H33ClO7/c1-3-15-4-6-16(7-5-15)10-17-11-19(18(12-20(17)26)14-32-9-8-31-2)25-24(30)23(29)22(28)21(13-27)33-25/h4-7,11-12,21-25,27-30H,3,8-10,13-14H2,1-2H3/t21-,22-,23+,24-,25+/m1/s1. The molecule has 0 bridgehead atoms. The average molecular weight is 481 g/mol. The fourth-order valence-corrected chi connectivity index (χ4v) is 4.25. The lowest BCUT2D eigenvalue weighted by Gasteiger charge is -2.41. The predicted molar refractivity (Wildman–Crippen MR) is 124 cm³/mol. The maximum absolute atomic E-state index is 10.7. The van der Waals surface area contributed by atoms with E-state index in [0.29, 0.717) is 35.8 Å². The van der Waals surface area contributed by atoms with E-state index in [9.17, 15) is 20.4 Å². The van der Waals surface area contributed by atoms with Gasteiger partial charge in [0.1, 0.15) is 30.5 Å². The van der Waals surface area contributed by atoms with Gasteiger partial charge >= 0.3 is 0 Å². The molecule has 0 aromatic heterocycles. The summed E-state index contributed by atoms with van der Waals surface area (Å²) in [4.78, 5) is 0. The van der Waals surface area contributed by atoms with Crippen molar-refractivity contribution < 1.29 is 34.6 Å². The highest BCUT2D eigenvalue weighted by Gasteiger charge is 2.44. The van der Waals surface area contributed by atoms with Crippen LogP contribution in [0.2, 0.25) is 5.02 Å². The summed E-state index contributed by atoms with van der Waals surface area (Å²) in [5, 5.41) is 41.3. The molecule has 0 amide bonds.